The number of aromatic nitrogens is 2. The first kappa shape index (κ1) is 16.2. The molecule has 2 rings (SSSR count). The molecule has 0 unspecified atom stereocenters. The van der Waals surface area contributed by atoms with E-state index in [9.17, 15) is 17.6 Å². The minimum atomic E-state index is -3.15. The molecule has 0 bridgehead atoms. The van der Waals surface area contributed by atoms with Gasteiger partial charge in [0.25, 0.3) is 0 Å². The standard InChI is InChI=1S/C14H16FN3O3S/c1-22(20,21)6-5-14(19)16-8-11-9-17-18(10-11)13-4-2-3-12(15)7-13/h2-4,7,9-10H,5-6,8H2,1H3,(H,16,19). The van der Waals surface area contributed by atoms with Gasteiger partial charge in [0.2, 0.25) is 5.91 Å². The lowest BCUT2D eigenvalue weighted by molar-refractivity contribution is -0.120. The fourth-order valence-electron chi connectivity index (χ4n) is 1.78. The SMILES string of the molecule is CS(=O)(=O)CCC(=O)NCc1cnn(-c2cccc(F)c2)c1. The third-order valence-electron chi connectivity index (χ3n) is 2.90. The molecule has 0 saturated carbocycles. The van der Waals surface area contributed by atoms with Crippen molar-refractivity contribution in [1.82, 2.24) is 15.1 Å². The second-order valence-electron chi connectivity index (χ2n) is 4.93. The molecule has 1 aromatic heterocycles. The Morgan fingerprint density at radius 1 is 1.41 bits per heavy atom. The maximum atomic E-state index is 13.1. The van der Waals surface area contributed by atoms with Crippen molar-refractivity contribution >= 4 is 15.7 Å². The van der Waals surface area contributed by atoms with Crippen LogP contribution >= 0.6 is 0 Å². The zero-order valence-electron chi connectivity index (χ0n) is 12.0. The summed E-state index contributed by atoms with van der Waals surface area (Å²) in [5, 5.41) is 6.71. The quantitative estimate of drug-likeness (QED) is 0.861. The summed E-state index contributed by atoms with van der Waals surface area (Å²) in [5.74, 6) is -0.881. The molecule has 0 aliphatic rings. The predicted octanol–water partition coefficient (Wildman–Crippen LogP) is 1.06. The van der Waals surface area contributed by atoms with E-state index < -0.39 is 9.84 Å². The molecule has 0 spiro atoms. The summed E-state index contributed by atoms with van der Waals surface area (Å²) in [6.07, 6.45) is 4.24. The van der Waals surface area contributed by atoms with Crippen molar-refractivity contribution in [2.75, 3.05) is 12.0 Å². The van der Waals surface area contributed by atoms with Crippen molar-refractivity contribution in [3.8, 4) is 5.69 Å². The van der Waals surface area contributed by atoms with Gasteiger partial charge < -0.3 is 5.32 Å². The van der Waals surface area contributed by atoms with Gasteiger partial charge in [0.05, 0.1) is 17.6 Å². The molecular formula is C14H16FN3O3S. The van der Waals surface area contributed by atoms with Gasteiger partial charge in [-0.2, -0.15) is 5.10 Å². The van der Waals surface area contributed by atoms with Crippen LogP contribution in [0.2, 0.25) is 0 Å². The Kier molecular flexibility index (Phi) is 4.92. The molecule has 0 radical (unpaired) electrons. The number of rotatable bonds is 6. The van der Waals surface area contributed by atoms with Crippen LogP contribution in [0.15, 0.2) is 36.7 Å². The van der Waals surface area contributed by atoms with E-state index in [1.54, 1.807) is 24.5 Å². The third kappa shape index (κ3) is 4.96. The Morgan fingerprint density at radius 3 is 2.86 bits per heavy atom. The number of halogens is 1. The number of nitrogens with one attached hydrogen (secondary N) is 1. The first-order chi connectivity index (χ1) is 10.3. The van der Waals surface area contributed by atoms with E-state index in [1.807, 2.05) is 0 Å². The van der Waals surface area contributed by atoms with E-state index >= 15 is 0 Å². The summed E-state index contributed by atoms with van der Waals surface area (Å²) in [4.78, 5) is 11.5. The van der Waals surface area contributed by atoms with Gasteiger partial charge in [0, 0.05) is 31.0 Å². The summed E-state index contributed by atoms with van der Waals surface area (Å²) in [6, 6.07) is 5.99. The Morgan fingerprint density at radius 2 is 2.18 bits per heavy atom. The molecule has 0 aliphatic heterocycles. The number of hydrogen-bond acceptors (Lipinski definition) is 4. The van der Waals surface area contributed by atoms with Crippen LogP contribution in [-0.2, 0) is 21.2 Å². The van der Waals surface area contributed by atoms with E-state index in [-0.39, 0.29) is 30.4 Å². The molecule has 0 fully saturated rings. The predicted molar refractivity (Wildman–Crippen MR) is 79.7 cm³/mol. The Hall–Kier alpha value is -2.22. The molecule has 1 N–H and O–H groups in total. The summed E-state index contributed by atoms with van der Waals surface area (Å²) in [7, 11) is -3.15. The average Bonchev–Trinajstić information content (AvgIpc) is 2.91. The zero-order valence-corrected chi connectivity index (χ0v) is 12.8. The van der Waals surface area contributed by atoms with Gasteiger partial charge in [-0.25, -0.2) is 17.5 Å². The Balaban J connectivity index is 1.91. The molecule has 0 saturated heterocycles. The van der Waals surface area contributed by atoms with Crippen LogP contribution in [0.4, 0.5) is 4.39 Å². The molecule has 1 aromatic carbocycles. The lowest BCUT2D eigenvalue weighted by Crippen LogP contribution is -2.24. The molecule has 118 valence electrons. The minimum absolute atomic E-state index is 0.0726. The maximum Gasteiger partial charge on any atom is 0.221 e. The van der Waals surface area contributed by atoms with E-state index in [4.69, 9.17) is 0 Å². The van der Waals surface area contributed by atoms with Crippen LogP contribution in [0.1, 0.15) is 12.0 Å². The van der Waals surface area contributed by atoms with Crippen molar-refractivity contribution in [3.05, 3.63) is 48.0 Å². The summed E-state index contributed by atoms with van der Waals surface area (Å²) < 4.78 is 36.6. The van der Waals surface area contributed by atoms with Crippen LogP contribution in [0.5, 0.6) is 0 Å². The van der Waals surface area contributed by atoms with Crippen molar-refractivity contribution in [1.29, 1.82) is 0 Å². The highest BCUT2D eigenvalue weighted by Crippen LogP contribution is 2.10. The van der Waals surface area contributed by atoms with E-state index in [0.29, 0.717) is 5.69 Å². The fraction of sp³-hybridized carbons (Fsp3) is 0.286. The number of hydrogen-bond donors (Lipinski definition) is 1. The topological polar surface area (TPSA) is 81.1 Å². The zero-order chi connectivity index (χ0) is 16.2. The van der Waals surface area contributed by atoms with E-state index in [1.165, 1.54) is 16.8 Å². The lowest BCUT2D eigenvalue weighted by Gasteiger charge is -2.03. The van der Waals surface area contributed by atoms with Gasteiger partial charge in [-0.3, -0.25) is 4.79 Å². The van der Waals surface area contributed by atoms with Crippen LogP contribution in [0, 0.1) is 5.82 Å². The van der Waals surface area contributed by atoms with Crippen LogP contribution < -0.4 is 5.32 Å². The van der Waals surface area contributed by atoms with E-state index in [2.05, 4.69) is 10.4 Å². The highest BCUT2D eigenvalue weighted by molar-refractivity contribution is 7.90. The van der Waals surface area contributed by atoms with Crippen LogP contribution in [0.3, 0.4) is 0 Å². The van der Waals surface area contributed by atoms with Crippen molar-refractivity contribution in [2.24, 2.45) is 0 Å². The molecule has 0 atom stereocenters. The molecule has 1 amide bonds. The van der Waals surface area contributed by atoms with Gasteiger partial charge in [0.15, 0.2) is 0 Å². The third-order valence-corrected chi connectivity index (χ3v) is 3.84. The highest BCUT2D eigenvalue weighted by atomic mass is 32.2. The second kappa shape index (κ2) is 6.69. The largest absolute Gasteiger partial charge is 0.352 e. The van der Waals surface area contributed by atoms with Crippen LogP contribution in [0.25, 0.3) is 5.69 Å². The Labute approximate surface area is 127 Å². The summed E-state index contributed by atoms with van der Waals surface area (Å²) >= 11 is 0. The average molecular weight is 325 g/mol. The van der Waals surface area contributed by atoms with Gasteiger partial charge in [-0.1, -0.05) is 6.07 Å². The molecule has 1 heterocycles. The first-order valence-corrected chi connectivity index (χ1v) is 8.63. The smallest absolute Gasteiger partial charge is 0.221 e. The number of nitrogens with zero attached hydrogens (tertiary/aromatic N) is 2. The Bertz CT molecular complexity index is 771. The fourth-order valence-corrected chi connectivity index (χ4v) is 2.33. The molecule has 2 aromatic rings. The van der Waals surface area contributed by atoms with E-state index in [0.717, 1.165) is 11.8 Å². The van der Waals surface area contributed by atoms with Crippen LogP contribution in [-0.4, -0.2) is 36.1 Å². The molecular weight excluding hydrogens is 309 g/mol. The number of amides is 1. The van der Waals surface area contributed by atoms with Gasteiger partial charge in [-0.15, -0.1) is 0 Å². The monoisotopic (exact) mass is 325 g/mol. The number of benzene rings is 1. The van der Waals surface area contributed by atoms with Gasteiger partial charge in [0.1, 0.15) is 15.7 Å². The van der Waals surface area contributed by atoms with Gasteiger partial charge >= 0.3 is 0 Å². The molecule has 8 heteroatoms. The minimum Gasteiger partial charge on any atom is -0.352 e. The highest BCUT2D eigenvalue weighted by Gasteiger charge is 2.08. The number of sulfone groups is 1. The number of carbonyl (C=O) groups excluding carboxylic acids is 1. The molecule has 22 heavy (non-hydrogen) atoms. The summed E-state index contributed by atoms with van der Waals surface area (Å²) in [5.41, 5.74) is 1.31. The molecule has 0 aliphatic carbocycles. The van der Waals surface area contributed by atoms with Crippen molar-refractivity contribution < 1.29 is 17.6 Å². The lowest BCUT2D eigenvalue weighted by atomic mass is 10.3. The number of carbonyl (C=O) groups is 1. The van der Waals surface area contributed by atoms with Crippen molar-refractivity contribution in [2.45, 2.75) is 13.0 Å². The second-order valence-corrected chi connectivity index (χ2v) is 7.19. The normalized spacial score (nSPS) is 11.4. The van der Waals surface area contributed by atoms with Crippen molar-refractivity contribution in [3.63, 3.8) is 0 Å². The van der Waals surface area contributed by atoms with Gasteiger partial charge in [-0.05, 0) is 18.2 Å². The first-order valence-electron chi connectivity index (χ1n) is 6.57. The molecule has 6 nitrogen and oxygen atoms in total. The summed E-state index contributed by atoms with van der Waals surface area (Å²) in [6.45, 7) is 0.234. The maximum absolute atomic E-state index is 13.1.